The molecule has 2 aromatic carbocycles. The van der Waals surface area contributed by atoms with Crippen LogP contribution in [0.5, 0.6) is 0 Å². The van der Waals surface area contributed by atoms with Gasteiger partial charge in [0.1, 0.15) is 0 Å². The van der Waals surface area contributed by atoms with Gasteiger partial charge in [-0.1, -0.05) is 53.6 Å². The highest BCUT2D eigenvalue weighted by atomic mass is 35.5. The fourth-order valence-corrected chi connectivity index (χ4v) is 4.57. The lowest BCUT2D eigenvalue weighted by molar-refractivity contribution is 0.593. The molecule has 0 unspecified atom stereocenters. The predicted molar refractivity (Wildman–Crippen MR) is 95.3 cm³/mol. The molecule has 0 saturated carbocycles. The molecule has 0 bridgehead atoms. The number of para-hydroxylation sites is 1. The zero-order valence-electron chi connectivity index (χ0n) is 12.7. The molecule has 0 aliphatic rings. The van der Waals surface area contributed by atoms with Crippen molar-refractivity contribution < 1.29 is 8.42 Å². The lowest BCUT2D eigenvalue weighted by Crippen LogP contribution is -2.11. The predicted octanol–water partition coefficient (Wildman–Crippen LogP) is 4.55. The first-order valence-electron chi connectivity index (χ1n) is 7.15. The lowest BCUT2D eigenvalue weighted by atomic mass is 10.2. The number of hydrogen-bond donors (Lipinski definition) is 0. The van der Waals surface area contributed by atoms with Gasteiger partial charge in [-0.2, -0.15) is 0 Å². The van der Waals surface area contributed by atoms with Crippen LogP contribution in [0.1, 0.15) is 5.56 Å². The minimum absolute atomic E-state index is 0.115. The molecular weight excluding hydrogens is 330 g/mol. The van der Waals surface area contributed by atoms with Crippen LogP contribution in [0.4, 0.5) is 0 Å². The Balaban J connectivity index is 2.43. The van der Waals surface area contributed by atoms with Gasteiger partial charge in [0.2, 0.25) is 0 Å². The van der Waals surface area contributed by atoms with Crippen LogP contribution < -0.4 is 0 Å². The average Bonchev–Trinajstić information content (AvgIpc) is 2.82. The second-order valence-electron chi connectivity index (χ2n) is 5.38. The average molecular weight is 346 g/mol. The molecule has 23 heavy (non-hydrogen) atoms. The quantitative estimate of drug-likeness (QED) is 0.650. The van der Waals surface area contributed by atoms with Crippen molar-refractivity contribution >= 4 is 32.3 Å². The molecular formula is C18H16ClNO2S. The summed E-state index contributed by atoms with van der Waals surface area (Å²) in [6, 6.07) is 15.1. The van der Waals surface area contributed by atoms with Crippen molar-refractivity contribution in [3.63, 3.8) is 0 Å². The zero-order valence-corrected chi connectivity index (χ0v) is 14.2. The summed E-state index contributed by atoms with van der Waals surface area (Å²) in [6.45, 7) is 5.52. The standard InChI is InChI=1S/C18H16ClNO2S/c1-3-12-23(21,22)18-17(19)15-6-4-5-7-16(15)20(18)14-10-8-13(2)9-11-14/h3-11H,1,12H2,2H3. The summed E-state index contributed by atoms with van der Waals surface area (Å²) >= 11 is 6.43. The number of halogens is 1. The van der Waals surface area contributed by atoms with Crippen LogP contribution in [0, 0.1) is 6.92 Å². The van der Waals surface area contributed by atoms with Gasteiger partial charge in [0, 0.05) is 11.1 Å². The van der Waals surface area contributed by atoms with Gasteiger partial charge in [-0.25, -0.2) is 8.42 Å². The van der Waals surface area contributed by atoms with Crippen LogP contribution in [0.15, 0.2) is 66.2 Å². The Bertz CT molecular complexity index is 986. The van der Waals surface area contributed by atoms with Crippen LogP contribution >= 0.6 is 11.6 Å². The second kappa shape index (κ2) is 5.87. The van der Waals surface area contributed by atoms with E-state index in [2.05, 4.69) is 6.58 Å². The monoisotopic (exact) mass is 345 g/mol. The Morgan fingerprint density at radius 3 is 2.43 bits per heavy atom. The van der Waals surface area contributed by atoms with Crippen molar-refractivity contribution in [2.45, 2.75) is 11.9 Å². The fraction of sp³-hybridized carbons (Fsp3) is 0.111. The third kappa shape index (κ3) is 2.69. The number of sulfone groups is 1. The molecule has 0 aliphatic carbocycles. The van der Waals surface area contributed by atoms with Crippen LogP contribution in [0.2, 0.25) is 5.02 Å². The maximum Gasteiger partial charge on any atom is 0.199 e. The molecule has 0 fully saturated rings. The normalized spacial score (nSPS) is 11.7. The van der Waals surface area contributed by atoms with E-state index in [-0.39, 0.29) is 15.8 Å². The van der Waals surface area contributed by atoms with E-state index in [0.29, 0.717) is 0 Å². The van der Waals surface area contributed by atoms with Crippen molar-refractivity contribution in [2.24, 2.45) is 0 Å². The molecule has 0 saturated heterocycles. The van der Waals surface area contributed by atoms with Crippen molar-refractivity contribution in [2.75, 3.05) is 5.75 Å². The third-order valence-corrected chi connectivity index (χ3v) is 5.84. The van der Waals surface area contributed by atoms with E-state index < -0.39 is 9.84 Å². The molecule has 0 N–H and O–H groups in total. The molecule has 118 valence electrons. The minimum atomic E-state index is -3.58. The number of hydrogen-bond acceptors (Lipinski definition) is 2. The van der Waals surface area contributed by atoms with E-state index in [4.69, 9.17) is 11.6 Å². The Labute approximate surface area is 140 Å². The smallest absolute Gasteiger partial charge is 0.199 e. The molecule has 3 nitrogen and oxygen atoms in total. The Morgan fingerprint density at radius 2 is 1.78 bits per heavy atom. The summed E-state index contributed by atoms with van der Waals surface area (Å²) in [5.74, 6) is -0.158. The second-order valence-corrected chi connectivity index (χ2v) is 7.70. The van der Waals surface area contributed by atoms with Crippen LogP contribution in [0.3, 0.4) is 0 Å². The Hall–Kier alpha value is -2.04. The van der Waals surface area contributed by atoms with Gasteiger partial charge in [-0.15, -0.1) is 6.58 Å². The third-order valence-electron chi connectivity index (χ3n) is 3.70. The Morgan fingerprint density at radius 1 is 1.13 bits per heavy atom. The van der Waals surface area contributed by atoms with Crippen LogP contribution in [0.25, 0.3) is 16.6 Å². The first kappa shape index (κ1) is 15.8. The fourth-order valence-electron chi connectivity index (χ4n) is 2.64. The highest BCUT2D eigenvalue weighted by Gasteiger charge is 2.26. The molecule has 3 aromatic rings. The van der Waals surface area contributed by atoms with E-state index in [1.807, 2.05) is 55.5 Å². The molecule has 0 amide bonds. The van der Waals surface area contributed by atoms with Gasteiger partial charge in [0.25, 0.3) is 0 Å². The topological polar surface area (TPSA) is 39.1 Å². The molecule has 1 aromatic heterocycles. The highest BCUT2D eigenvalue weighted by Crippen LogP contribution is 2.36. The van der Waals surface area contributed by atoms with Crippen molar-refractivity contribution in [1.29, 1.82) is 0 Å². The molecule has 5 heteroatoms. The van der Waals surface area contributed by atoms with E-state index in [9.17, 15) is 8.42 Å². The summed E-state index contributed by atoms with van der Waals surface area (Å²) < 4.78 is 27.1. The largest absolute Gasteiger partial charge is 0.299 e. The van der Waals surface area contributed by atoms with Crippen molar-refractivity contribution in [3.8, 4) is 5.69 Å². The molecule has 0 aliphatic heterocycles. The van der Waals surface area contributed by atoms with E-state index in [1.54, 1.807) is 4.57 Å². The highest BCUT2D eigenvalue weighted by molar-refractivity contribution is 7.91. The SMILES string of the molecule is C=CCS(=O)(=O)c1c(Cl)c2ccccc2n1-c1ccc(C)cc1. The Kier molecular flexibility index (Phi) is 4.04. The molecule has 1 heterocycles. The number of benzene rings is 2. The summed E-state index contributed by atoms with van der Waals surface area (Å²) in [7, 11) is -3.58. The summed E-state index contributed by atoms with van der Waals surface area (Å²) in [5, 5.41) is 1.09. The maximum absolute atomic E-state index is 12.7. The van der Waals surface area contributed by atoms with Crippen LogP contribution in [-0.4, -0.2) is 18.7 Å². The molecule has 0 spiro atoms. The number of aryl methyl sites for hydroxylation is 1. The van der Waals surface area contributed by atoms with Crippen LogP contribution in [-0.2, 0) is 9.84 Å². The maximum atomic E-state index is 12.7. The minimum Gasteiger partial charge on any atom is -0.299 e. The summed E-state index contributed by atoms with van der Waals surface area (Å²) in [6.07, 6.45) is 1.38. The number of fused-ring (bicyclic) bond motifs is 1. The van der Waals surface area contributed by atoms with Crippen molar-refractivity contribution in [3.05, 3.63) is 71.8 Å². The summed E-state index contributed by atoms with van der Waals surface area (Å²) in [4.78, 5) is 0. The van der Waals surface area contributed by atoms with Gasteiger partial charge in [0.15, 0.2) is 14.9 Å². The summed E-state index contributed by atoms with van der Waals surface area (Å²) in [5.41, 5.74) is 2.64. The van der Waals surface area contributed by atoms with Gasteiger partial charge in [0.05, 0.1) is 16.3 Å². The first-order valence-corrected chi connectivity index (χ1v) is 9.18. The zero-order chi connectivity index (χ0) is 16.6. The van der Waals surface area contributed by atoms with E-state index in [1.165, 1.54) is 6.08 Å². The number of nitrogens with zero attached hydrogens (tertiary/aromatic N) is 1. The number of aromatic nitrogens is 1. The lowest BCUT2D eigenvalue weighted by Gasteiger charge is -2.11. The van der Waals surface area contributed by atoms with E-state index >= 15 is 0 Å². The molecule has 3 rings (SSSR count). The number of rotatable bonds is 4. The molecule has 0 atom stereocenters. The molecule has 0 radical (unpaired) electrons. The van der Waals surface area contributed by atoms with Gasteiger partial charge in [-0.3, -0.25) is 4.57 Å². The van der Waals surface area contributed by atoms with Gasteiger partial charge in [-0.05, 0) is 25.1 Å². The first-order chi connectivity index (χ1) is 11.0. The van der Waals surface area contributed by atoms with Gasteiger partial charge < -0.3 is 0 Å². The van der Waals surface area contributed by atoms with Gasteiger partial charge >= 0.3 is 0 Å². The van der Waals surface area contributed by atoms with Crippen molar-refractivity contribution in [1.82, 2.24) is 4.57 Å². The van der Waals surface area contributed by atoms with E-state index in [0.717, 1.165) is 22.2 Å².